The number of carboxylic acids is 1. The Bertz CT molecular complexity index is 454. The monoisotopic (exact) mass is 263 g/mol. The average Bonchev–Trinajstić information content (AvgIpc) is 2.66. The first kappa shape index (κ1) is 13.6. The fourth-order valence-corrected chi connectivity index (χ4v) is 2.73. The number of aromatic carboxylic acids is 1. The molecule has 0 unspecified atom stereocenters. The zero-order valence-electron chi connectivity index (χ0n) is 11.3. The van der Waals surface area contributed by atoms with Crippen molar-refractivity contribution in [1.82, 2.24) is 4.98 Å². The predicted octanol–water partition coefficient (Wildman–Crippen LogP) is 2.52. The van der Waals surface area contributed by atoms with Gasteiger partial charge in [0, 0.05) is 13.1 Å². The lowest BCUT2D eigenvalue weighted by atomic mass is 10.1. The number of nitrogens with zero attached hydrogens (tertiary/aromatic N) is 2. The van der Waals surface area contributed by atoms with Crippen molar-refractivity contribution >= 4 is 17.5 Å². The lowest BCUT2D eigenvalue weighted by Crippen LogP contribution is -2.33. The predicted molar refractivity (Wildman–Crippen MR) is 75.5 cm³/mol. The Hall–Kier alpha value is -1.78. The number of hydrogen-bond donors (Lipinski definition) is 2. The van der Waals surface area contributed by atoms with E-state index in [9.17, 15) is 9.90 Å². The molecule has 5 nitrogen and oxygen atoms in total. The Morgan fingerprint density at radius 2 is 2.00 bits per heavy atom. The van der Waals surface area contributed by atoms with Gasteiger partial charge in [-0.2, -0.15) is 0 Å². The minimum absolute atomic E-state index is 0.187. The summed E-state index contributed by atoms with van der Waals surface area (Å²) >= 11 is 0. The van der Waals surface area contributed by atoms with Crippen LogP contribution in [0.15, 0.2) is 12.3 Å². The zero-order chi connectivity index (χ0) is 13.8. The van der Waals surface area contributed by atoms with Crippen LogP contribution in [0.2, 0.25) is 0 Å². The van der Waals surface area contributed by atoms with Gasteiger partial charge in [0.15, 0.2) is 0 Å². The molecule has 0 spiro atoms. The summed E-state index contributed by atoms with van der Waals surface area (Å²) in [5.41, 5.74) is 6.20. The van der Waals surface area contributed by atoms with Gasteiger partial charge in [-0.1, -0.05) is 25.7 Å². The quantitative estimate of drug-likeness (QED) is 0.819. The van der Waals surface area contributed by atoms with Crippen molar-refractivity contribution in [1.29, 1.82) is 0 Å². The molecule has 104 valence electrons. The molecular formula is C14H21N3O2. The molecule has 1 aromatic rings. The smallest absolute Gasteiger partial charge is 0.339 e. The largest absolute Gasteiger partial charge is 0.478 e. The number of carboxylic acid groups (broad SMARTS) is 1. The van der Waals surface area contributed by atoms with Crippen LogP contribution < -0.4 is 10.6 Å². The van der Waals surface area contributed by atoms with Gasteiger partial charge in [-0.25, -0.2) is 9.78 Å². The van der Waals surface area contributed by atoms with Crippen molar-refractivity contribution < 1.29 is 9.90 Å². The molecule has 19 heavy (non-hydrogen) atoms. The molecule has 0 amide bonds. The number of nitrogen functional groups attached to an aromatic ring is 1. The third-order valence-electron chi connectivity index (χ3n) is 3.82. The molecule has 1 fully saturated rings. The molecule has 2 rings (SSSR count). The number of aromatic nitrogens is 1. The van der Waals surface area contributed by atoms with Crippen molar-refractivity contribution in [3.05, 3.63) is 17.8 Å². The summed E-state index contributed by atoms with van der Waals surface area (Å²) in [6, 6.07) is 1.86. The van der Waals surface area contributed by atoms with Crippen molar-refractivity contribution in [2.45, 2.75) is 44.6 Å². The molecule has 0 aliphatic heterocycles. The third kappa shape index (κ3) is 3.16. The Morgan fingerprint density at radius 1 is 1.37 bits per heavy atom. The Kier molecular flexibility index (Phi) is 4.24. The van der Waals surface area contributed by atoms with E-state index in [2.05, 4.69) is 4.98 Å². The van der Waals surface area contributed by atoms with Gasteiger partial charge in [0.25, 0.3) is 0 Å². The fourth-order valence-electron chi connectivity index (χ4n) is 2.73. The molecule has 1 saturated carbocycles. The maximum Gasteiger partial charge on any atom is 0.339 e. The molecule has 1 aliphatic carbocycles. The van der Waals surface area contributed by atoms with E-state index in [1.807, 2.05) is 11.9 Å². The molecule has 1 heterocycles. The number of nitrogens with two attached hydrogens (primary N) is 1. The molecule has 0 radical (unpaired) electrons. The third-order valence-corrected chi connectivity index (χ3v) is 3.82. The normalized spacial score (nSPS) is 16.9. The van der Waals surface area contributed by atoms with E-state index >= 15 is 0 Å². The van der Waals surface area contributed by atoms with Gasteiger partial charge < -0.3 is 15.7 Å². The number of hydrogen-bond acceptors (Lipinski definition) is 4. The van der Waals surface area contributed by atoms with Crippen LogP contribution in [0, 0.1) is 0 Å². The molecule has 1 aromatic heterocycles. The first-order valence-electron chi connectivity index (χ1n) is 6.81. The Labute approximate surface area is 113 Å². The summed E-state index contributed by atoms with van der Waals surface area (Å²) in [5.74, 6) is -0.455. The minimum Gasteiger partial charge on any atom is -0.478 e. The average molecular weight is 263 g/mol. The summed E-state index contributed by atoms with van der Waals surface area (Å²) in [6.45, 7) is 0. The van der Waals surface area contributed by atoms with Gasteiger partial charge in [-0.05, 0) is 18.9 Å². The maximum absolute atomic E-state index is 11.3. The number of rotatable bonds is 3. The second-order valence-corrected chi connectivity index (χ2v) is 5.20. The van der Waals surface area contributed by atoms with E-state index in [-0.39, 0.29) is 5.56 Å². The van der Waals surface area contributed by atoms with Crippen LogP contribution >= 0.6 is 0 Å². The summed E-state index contributed by atoms with van der Waals surface area (Å²) in [5, 5.41) is 9.27. The van der Waals surface area contributed by atoms with E-state index in [1.54, 1.807) is 0 Å². The molecule has 0 aromatic carbocycles. The van der Waals surface area contributed by atoms with E-state index in [0.29, 0.717) is 17.5 Å². The van der Waals surface area contributed by atoms with Crippen molar-refractivity contribution in [2.24, 2.45) is 0 Å². The van der Waals surface area contributed by atoms with Gasteiger partial charge >= 0.3 is 5.97 Å². The van der Waals surface area contributed by atoms with Crippen molar-refractivity contribution in [3.63, 3.8) is 0 Å². The number of anilines is 2. The van der Waals surface area contributed by atoms with E-state index in [1.165, 1.54) is 37.9 Å². The molecular weight excluding hydrogens is 242 g/mol. The van der Waals surface area contributed by atoms with Crippen LogP contribution in [-0.2, 0) is 0 Å². The summed E-state index contributed by atoms with van der Waals surface area (Å²) in [7, 11) is 1.93. The molecule has 0 atom stereocenters. The van der Waals surface area contributed by atoms with Crippen molar-refractivity contribution in [2.75, 3.05) is 17.7 Å². The maximum atomic E-state index is 11.3. The molecule has 0 bridgehead atoms. The van der Waals surface area contributed by atoms with E-state index in [0.717, 1.165) is 12.8 Å². The lowest BCUT2D eigenvalue weighted by Gasteiger charge is -2.29. The zero-order valence-corrected chi connectivity index (χ0v) is 11.3. The Morgan fingerprint density at radius 3 is 2.58 bits per heavy atom. The first-order valence-corrected chi connectivity index (χ1v) is 6.81. The van der Waals surface area contributed by atoms with Crippen LogP contribution in [0.5, 0.6) is 0 Å². The van der Waals surface area contributed by atoms with Crippen molar-refractivity contribution in [3.8, 4) is 0 Å². The Balaban J connectivity index is 2.26. The number of pyridine rings is 1. The van der Waals surface area contributed by atoms with Gasteiger partial charge in [0.2, 0.25) is 0 Å². The highest BCUT2D eigenvalue weighted by Crippen LogP contribution is 2.27. The van der Waals surface area contributed by atoms with Crippen LogP contribution in [-0.4, -0.2) is 29.1 Å². The van der Waals surface area contributed by atoms with Gasteiger partial charge in [-0.3, -0.25) is 0 Å². The molecule has 1 aliphatic rings. The van der Waals surface area contributed by atoms with E-state index in [4.69, 9.17) is 5.73 Å². The van der Waals surface area contributed by atoms with Gasteiger partial charge in [0.1, 0.15) is 11.4 Å². The molecule has 3 N–H and O–H groups in total. The fraction of sp³-hybridized carbons (Fsp3) is 0.571. The highest BCUT2D eigenvalue weighted by molar-refractivity contribution is 5.94. The summed E-state index contributed by atoms with van der Waals surface area (Å²) in [4.78, 5) is 17.5. The number of carbonyl (C=O) groups is 1. The minimum atomic E-state index is -0.977. The second kappa shape index (κ2) is 5.91. The highest BCUT2D eigenvalue weighted by atomic mass is 16.4. The SMILES string of the molecule is CN(c1ncc(N)cc1C(=O)O)C1CCCCCC1. The van der Waals surface area contributed by atoms with Crippen LogP contribution in [0.25, 0.3) is 0 Å². The molecule has 5 heteroatoms. The lowest BCUT2D eigenvalue weighted by molar-refractivity contribution is 0.0697. The second-order valence-electron chi connectivity index (χ2n) is 5.20. The van der Waals surface area contributed by atoms with E-state index < -0.39 is 5.97 Å². The van der Waals surface area contributed by atoms with Gasteiger partial charge in [0.05, 0.1) is 11.9 Å². The summed E-state index contributed by atoms with van der Waals surface area (Å²) < 4.78 is 0. The van der Waals surface area contributed by atoms with Crippen LogP contribution in [0.4, 0.5) is 11.5 Å². The van der Waals surface area contributed by atoms with Crippen LogP contribution in [0.3, 0.4) is 0 Å². The summed E-state index contributed by atoms with van der Waals surface area (Å²) in [6.07, 6.45) is 8.66. The standard InChI is InChI=1S/C14H21N3O2/c1-17(11-6-4-2-3-5-7-11)13-12(14(18)19)8-10(15)9-16-13/h8-9,11H,2-7,15H2,1H3,(H,18,19). The van der Waals surface area contributed by atoms with Crippen LogP contribution in [0.1, 0.15) is 48.9 Å². The topological polar surface area (TPSA) is 79.5 Å². The highest BCUT2D eigenvalue weighted by Gasteiger charge is 2.22. The first-order chi connectivity index (χ1) is 9.09. The molecule has 0 saturated heterocycles. The van der Waals surface area contributed by atoms with Gasteiger partial charge in [-0.15, -0.1) is 0 Å².